The largest absolute Gasteiger partial charge is 0.308 e. The molecule has 0 amide bonds. The molecular weight excluding hydrogens is 729 g/mol. The summed E-state index contributed by atoms with van der Waals surface area (Å²) in [7, 11) is 0. The van der Waals surface area contributed by atoms with Gasteiger partial charge in [-0.1, -0.05) is 127 Å². The summed E-state index contributed by atoms with van der Waals surface area (Å²) in [5.74, 6) is 0.0461. The second-order valence-electron chi connectivity index (χ2n) is 14.2. The molecule has 13 rings (SSSR count). The normalized spacial score (nSPS) is 14.1. The van der Waals surface area contributed by atoms with Crippen molar-refractivity contribution in [1.29, 1.82) is 0 Å². The molecule has 0 aliphatic rings. The first-order valence-electron chi connectivity index (χ1n) is 22.8. The number of rotatable bonds is 4. The average Bonchev–Trinajstić information content (AvgIpc) is 4.09. The lowest BCUT2D eigenvalue weighted by molar-refractivity contribution is 0.892. The van der Waals surface area contributed by atoms with Gasteiger partial charge in [0.15, 0.2) is 5.82 Å². The third-order valence-electron chi connectivity index (χ3n) is 11.2. The molecule has 0 saturated heterocycles. The summed E-state index contributed by atoms with van der Waals surface area (Å²) in [6, 6.07) is 40.3. The highest BCUT2D eigenvalue weighted by Crippen LogP contribution is 2.44. The van der Waals surface area contributed by atoms with E-state index in [0.29, 0.717) is 10.9 Å². The maximum absolute atomic E-state index is 9.82. The number of para-hydroxylation sites is 6. The van der Waals surface area contributed by atoms with Gasteiger partial charge in [-0.2, -0.15) is 15.0 Å². The van der Waals surface area contributed by atoms with E-state index in [1.165, 1.54) is 0 Å². The van der Waals surface area contributed by atoms with Crippen LogP contribution < -0.4 is 0 Å². The van der Waals surface area contributed by atoms with Crippen LogP contribution in [0.4, 0.5) is 0 Å². The molecule has 8 aromatic carbocycles. The molecule has 0 spiro atoms. The molecule has 58 heavy (non-hydrogen) atoms. The van der Waals surface area contributed by atoms with Crippen LogP contribution in [0.1, 0.15) is 11.0 Å². The van der Waals surface area contributed by atoms with Gasteiger partial charge in [-0.25, -0.2) is 0 Å². The third-order valence-corrected chi connectivity index (χ3v) is 12.3. The molecule has 0 aliphatic carbocycles. The average molecular weight is 767 g/mol. The second-order valence-corrected chi connectivity index (χ2v) is 15.3. The maximum atomic E-state index is 9.82. The van der Waals surface area contributed by atoms with E-state index in [-0.39, 0.29) is 70.1 Å². The summed E-state index contributed by atoms with van der Waals surface area (Å²) < 4.78 is 81.3. The Bertz CT molecular complexity index is 4250. The molecule has 0 N–H and O–H groups in total. The summed E-state index contributed by atoms with van der Waals surface area (Å²) in [6.45, 7) is 0. The number of hydrogen-bond acceptors (Lipinski definition) is 4. The zero-order chi connectivity index (χ0) is 44.9. The molecule has 0 saturated carbocycles. The van der Waals surface area contributed by atoms with Crippen LogP contribution in [-0.4, -0.2) is 28.7 Å². The minimum absolute atomic E-state index is 0.0140. The molecule has 5 aromatic heterocycles. The molecule has 13 aromatic rings. The maximum Gasteiger partial charge on any atom is 0.240 e. The van der Waals surface area contributed by atoms with Crippen LogP contribution in [0.3, 0.4) is 0 Å². The van der Waals surface area contributed by atoms with Crippen molar-refractivity contribution in [2.75, 3.05) is 0 Å². The van der Waals surface area contributed by atoms with Gasteiger partial charge in [0.1, 0.15) is 0 Å². The fourth-order valence-corrected chi connectivity index (χ4v) is 9.92. The van der Waals surface area contributed by atoms with Crippen LogP contribution in [0.5, 0.6) is 0 Å². The summed E-state index contributed by atoms with van der Waals surface area (Å²) in [4.78, 5) is 15.5. The lowest BCUT2D eigenvalue weighted by Crippen LogP contribution is -2.11. The Morgan fingerprint density at radius 2 is 0.914 bits per heavy atom. The zero-order valence-electron chi connectivity index (χ0n) is 38.3. The highest BCUT2D eigenvalue weighted by atomic mass is 32.1. The number of fused-ring (bicyclic) bond motifs is 13. The van der Waals surface area contributed by atoms with Gasteiger partial charge in [-0.05, 0) is 54.5 Å². The van der Waals surface area contributed by atoms with Crippen molar-refractivity contribution in [2.24, 2.45) is 0 Å². The molecule has 0 aliphatic heterocycles. The van der Waals surface area contributed by atoms with Gasteiger partial charge in [0.2, 0.25) is 11.9 Å². The van der Waals surface area contributed by atoms with E-state index in [1.54, 1.807) is 28.0 Å². The number of thiophene rings is 1. The number of nitrogens with zero attached hydrogens (tertiary/aromatic N) is 6. The molecule has 7 heteroatoms. The quantitative estimate of drug-likeness (QED) is 0.179. The summed E-state index contributed by atoms with van der Waals surface area (Å²) in [6.07, 6.45) is 0. The number of benzene rings is 8. The van der Waals surface area contributed by atoms with E-state index in [0.717, 1.165) is 63.8 Å². The van der Waals surface area contributed by atoms with Crippen molar-refractivity contribution < 1.29 is 11.0 Å². The van der Waals surface area contributed by atoms with Crippen molar-refractivity contribution >= 4 is 96.9 Å². The van der Waals surface area contributed by atoms with Crippen LogP contribution in [0.2, 0.25) is 0 Å². The van der Waals surface area contributed by atoms with Crippen LogP contribution >= 0.6 is 11.3 Å². The molecular formula is C51H30N6S. The molecule has 0 radical (unpaired) electrons. The van der Waals surface area contributed by atoms with Gasteiger partial charge < -0.3 is 4.57 Å². The molecule has 5 heterocycles. The van der Waals surface area contributed by atoms with Crippen LogP contribution in [0.15, 0.2) is 182 Å². The minimum Gasteiger partial charge on any atom is -0.308 e. The summed E-state index contributed by atoms with van der Waals surface area (Å²) >= 11 is 1.66. The summed E-state index contributed by atoms with van der Waals surface area (Å²) in [5.41, 5.74) is 3.86. The van der Waals surface area contributed by atoms with Gasteiger partial charge in [0.05, 0.1) is 49.8 Å². The highest BCUT2D eigenvalue weighted by molar-refractivity contribution is 7.26. The van der Waals surface area contributed by atoms with Crippen LogP contribution in [0, 0.1) is 0 Å². The molecule has 0 bridgehead atoms. The lowest BCUT2D eigenvalue weighted by Gasteiger charge is -2.16. The van der Waals surface area contributed by atoms with Gasteiger partial charge >= 0.3 is 0 Å². The van der Waals surface area contributed by atoms with E-state index in [1.807, 2.05) is 106 Å². The lowest BCUT2D eigenvalue weighted by atomic mass is 10.1. The monoisotopic (exact) mass is 766 g/mol. The Morgan fingerprint density at radius 3 is 1.60 bits per heavy atom. The molecule has 0 atom stereocenters. The fourth-order valence-electron chi connectivity index (χ4n) is 8.81. The van der Waals surface area contributed by atoms with Crippen LogP contribution in [-0.2, 0) is 0 Å². The highest BCUT2D eigenvalue weighted by Gasteiger charge is 2.24. The zero-order valence-corrected chi connectivity index (χ0v) is 31.1. The van der Waals surface area contributed by atoms with E-state index in [9.17, 15) is 6.85 Å². The first-order chi connectivity index (χ1) is 32.1. The van der Waals surface area contributed by atoms with E-state index in [4.69, 9.17) is 19.1 Å². The second kappa shape index (κ2) is 11.9. The van der Waals surface area contributed by atoms with Gasteiger partial charge in [-0.3, -0.25) is 9.13 Å². The predicted octanol–water partition coefficient (Wildman–Crippen LogP) is 13.2. The Balaban J connectivity index is 1.24. The minimum atomic E-state index is -0.475. The van der Waals surface area contributed by atoms with Crippen molar-refractivity contribution in [3.8, 4) is 29.0 Å². The Kier molecular flexibility index (Phi) is 5.11. The van der Waals surface area contributed by atoms with Crippen molar-refractivity contribution in [3.63, 3.8) is 0 Å². The number of aromatic nitrogens is 6. The predicted molar refractivity (Wildman–Crippen MR) is 241 cm³/mol. The molecule has 6 nitrogen and oxygen atoms in total. The fraction of sp³-hybridized carbons (Fsp3) is 0. The van der Waals surface area contributed by atoms with Crippen molar-refractivity contribution in [3.05, 3.63) is 182 Å². The SMILES string of the molecule is [2H]c1c([2H])c([2H])c(-n2c3ccccc3c3ccc4sc5ccccc5c4c32)c(-c2nc(-n3c4ccccc4c4ccccc43)nc(-n3c4ccccc4c4c([2H])c([2H])c([2H])c([2H])c43)n2)c1[2H]. The van der Waals surface area contributed by atoms with Crippen LogP contribution in [0.25, 0.3) is 115 Å². The topological polar surface area (TPSA) is 53.5 Å². The summed E-state index contributed by atoms with van der Waals surface area (Å²) in [5, 5.41) is 6.47. The number of hydrogen-bond donors (Lipinski definition) is 0. The molecule has 0 fully saturated rings. The van der Waals surface area contributed by atoms with Crippen molar-refractivity contribution in [2.45, 2.75) is 0 Å². The van der Waals surface area contributed by atoms with E-state index >= 15 is 0 Å². The standard InChI is InChI=1S/C51H30N6S/c1-9-23-40-31(15-1)32-16-2-10-24-41(32)56(40)50-52-49(53-51(54-50)57-42-25-11-3-17-33(42)34-18-4-12-26-43(34)57)37-20-6-13-27-44(37)55-39-22-8-5-19-35(39)36-29-30-46-47(48(36)55)38-21-7-14-28-45(38)58-46/h1-30H/i1D,6D,9D,13D,15D,20D,23D,27D. The van der Waals surface area contributed by atoms with Gasteiger partial charge in [0, 0.05) is 58.1 Å². The molecule has 270 valence electrons. The van der Waals surface area contributed by atoms with E-state index < -0.39 is 18.1 Å². The van der Waals surface area contributed by atoms with Gasteiger partial charge in [-0.15, -0.1) is 11.3 Å². The molecule has 0 unspecified atom stereocenters. The Hall–Kier alpha value is -7.61. The first-order valence-corrected chi connectivity index (χ1v) is 19.6. The van der Waals surface area contributed by atoms with E-state index in [2.05, 4.69) is 24.3 Å². The van der Waals surface area contributed by atoms with Crippen molar-refractivity contribution in [1.82, 2.24) is 28.7 Å². The smallest absolute Gasteiger partial charge is 0.240 e. The first kappa shape index (κ1) is 24.8. The Labute approximate surface area is 346 Å². The Morgan fingerprint density at radius 1 is 0.397 bits per heavy atom. The van der Waals surface area contributed by atoms with Gasteiger partial charge in [0.25, 0.3) is 0 Å². The third kappa shape index (κ3) is 4.33.